The summed E-state index contributed by atoms with van der Waals surface area (Å²) in [6.07, 6.45) is -2.75. The van der Waals surface area contributed by atoms with Crippen molar-refractivity contribution in [3.05, 3.63) is 29.3 Å². The van der Waals surface area contributed by atoms with Gasteiger partial charge in [-0.3, -0.25) is 14.4 Å². The van der Waals surface area contributed by atoms with E-state index in [1.54, 1.807) is 6.92 Å². The SMILES string of the molecule is CCC[C@H]1O[C@H](CC(=O)O)CC2(O)C(=O)c3cccc(O)c3C(=O)C12O. The number of Topliss-reactive ketones (excluding diaryl/α,β-unsaturated/α-hetero) is 2. The summed E-state index contributed by atoms with van der Waals surface area (Å²) in [5.74, 6) is -3.59. The molecule has 0 spiro atoms. The van der Waals surface area contributed by atoms with Crippen LogP contribution in [0.15, 0.2) is 18.2 Å². The summed E-state index contributed by atoms with van der Waals surface area (Å²) in [4.78, 5) is 37.1. The molecule has 1 aromatic rings. The Morgan fingerprint density at radius 3 is 2.58 bits per heavy atom. The summed E-state index contributed by atoms with van der Waals surface area (Å²) < 4.78 is 5.60. The third-order valence-corrected chi connectivity index (χ3v) is 5.17. The second kappa shape index (κ2) is 6.15. The minimum atomic E-state index is -2.60. The summed E-state index contributed by atoms with van der Waals surface area (Å²) in [6, 6.07) is 3.84. The molecule has 0 amide bonds. The number of carboxylic acid groups (broad SMARTS) is 1. The van der Waals surface area contributed by atoms with E-state index >= 15 is 0 Å². The Morgan fingerprint density at radius 2 is 1.96 bits per heavy atom. The Hall–Kier alpha value is -2.29. The number of aliphatic carboxylic acids is 1. The highest BCUT2D eigenvalue weighted by molar-refractivity contribution is 6.23. The molecule has 8 nitrogen and oxygen atoms in total. The van der Waals surface area contributed by atoms with Gasteiger partial charge in [-0.15, -0.1) is 0 Å². The number of rotatable bonds is 4. The van der Waals surface area contributed by atoms with Crippen molar-refractivity contribution < 1.29 is 39.5 Å². The van der Waals surface area contributed by atoms with Crippen molar-refractivity contribution >= 4 is 17.5 Å². The minimum absolute atomic E-state index is 0.122. The van der Waals surface area contributed by atoms with Crippen LogP contribution in [0.2, 0.25) is 0 Å². The summed E-state index contributed by atoms with van der Waals surface area (Å²) >= 11 is 0. The number of phenols is 1. The monoisotopic (exact) mass is 364 g/mol. The number of hydrogen-bond donors (Lipinski definition) is 4. The van der Waals surface area contributed by atoms with Crippen molar-refractivity contribution in [1.29, 1.82) is 0 Å². The number of aromatic hydroxyl groups is 1. The number of aliphatic hydroxyl groups is 2. The molecule has 1 aliphatic heterocycles. The molecule has 0 aromatic heterocycles. The quantitative estimate of drug-likeness (QED) is 0.611. The van der Waals surface area contributed by atoms with Gasteiger partial charge in [0.1, 0.15) is 5.75 Å². The van der Waals surface area contributed by atoms with E-state index in [1.165, 1.54) is 18.2 Å². The van der Waals surface area contributed by atoms with Crippen LogP contribution < -0.4 is 0 Å². The zero-order valence-electron chi connectivity index (χ0n) is 14.1. The number of phenolic OH excluding ortho intramolecular Hbond substituents is 1. The van der Waals surface area contributed by atoms with Gasteiger partial charge >= 0.3 is 5.97 Å². The Bertz CT molecular complexity index is 787. The van der Waals surface area contributed by atoms with Crippen LogP contribution in [0.1, 0.15) is 53.3 Å². The van der Waals surface area contributed by atoms with Crippen molar-refractivity contribution in [1.82, 2.24) is 0 Å². The van der Waals surface area contributed by atoms with Crippen molar-refractivity contribution in [3.63, 3.8) is 0 Å². The fraction of sp³-hybridized carbons (Fsp3) is 0.500. The lowest BCUT2D eigenvalue weighted by Crippen LogP contribution is -2.75. The number of fused-ring (bicyclic) bond motifs is 2. The zero-order valence-corrected chi connectivity index (χ0v) is 14.1. The van der Waals surface area contributed by atoms with Gasteiger partial charge in [0, 0.05) is 12.0 Å². The number of carbonyl (C=O) groups excluding carboxylic acids is 2. The maximum atomic E-state index is 13.0. The first kappa shape index (κ1) is 18.5. The Balaban J connectivity index is 2.19. The van der Waals surface area contributed by atoms with Crippen LogP contribution in [0.4, 0.5) is 0 Å². The summed E-state index contributed by atoms with van der Waals surface area (Å²) in [5.41, 5.74) is -5.68. The molecular weight excluding hydrogens is 344 g/mol. The van der Waals surface area contributed by atoms with Crippen LogP contribution in [-0.4, -0.2) is 61.4 Å². The van der Waals surface area contributed by atoms with Crippen molar-refractivity contribution in [2.45, 2.75) is 56.0 Å². The van der Waals surface area contributed by atoms with Gasteiger partial charge in [-0.25, -0.2) is 0 Å². The second-order valence-corrected chi connectivity index (χ2v) is 6.82. The van der Waals surface area contributed by atoms with Crippen molar-refractivity contribution in [2.24, 2.45) is 0 Å². The maximum absolute atomic E-state index is 13.0. The third kappa shape index (κ3) is 2.37. The average molecular weight is 364 g/mol. The Kier molecular flexibility index (Phi) is 4.38. The normalized spacial score (nSPS) is 33.5. The standard InChI is InChI=1S/C18H20O8/c1-2-4-12-18(25)16(23)14-10(5-3-6-11(14)19)15(22)17(18,24)8-9(26-12)7-13(20)21/h3,5-6,9,12,19,24-25H,2,4,7-8H2,1H3,(H,20,21)/t9-,12-,17?,18?/m1/s1. The van der Waals surface area contributed by atoms with E-state index in [9.17, 15) is 29.7 Å². The lowest BCUT2D eigenvalue weighted by molar-refractivity contribution is -0.235. The number of ketones is 2. The molecule has 2 unspecified atom stereocenters. The number of carbonyl (C=O) groups is 3. The largest absolute Gasteiger partial charge is 0.507 e. The lowest BCUT2D eigenvalue weighted by Gasteiger charge is -2.53. The molecule has 8 heteroatoms. The van der Waals surface area contributed by atoms with E-state index in [4.69, 9.17) is 9.84 Å². The molecule has 1 heterocycles. The third-order valence-electron chi connectivity index (χ3n) is 5.17. The molecule has 4 atom stereocenters. The topological polar surface area (TPSA) is 141 Å². The highest BCUT2D eigenvalue weighted by Gasteiger charge is 2.70. The van der Waals surface area contributed by atoms with E-state index in [-0.39, 0.29) is 17.5 Å². The van der Waals surface area contributed by atoms with Crippen LogP contribution in [0.25, 0.3) is 0 Å². The van der Waals surface area contributed by atoms with E-state index in [0.29, 0.717) is 6.42 Å². The van der Waals surface area contributed by atoms with Gasteiger partial charge in [-0.1, -0.05) is 25.5 Å². The van der Waals surface area contributed by atoms with Crippen LogP contribution in [0.5, 0.6) is 5.75 Å². The predicted molar refractivity (Wildman–Crippen MR) is 87.1 cm³/mol. The zero-order chi connectivity index (χ0) is 19.3. The molecule has 0 saturated carbocycles. The first-order chi connectivity index (χ1) is 12.2. The van der Waals surface area contributed by atoms with Gasteiger partial charge in [0.2, 0.25) is 5.78 Å². The summed E-state index contributed by atoms with van der Waals surface area (Å²) in [7, 11) is 0. The van der Waals surface area contributed by atoms with E-state index in [2.05, 4.69) is 0 Å². The molecule has 0 radical (unpaired) electrons. The average Bonchev–Trinajstić information content (AvgIpc) is 2.56. The second-order valence-electron chi connectivity index (χ2n) is 6.82. The molecule has 3 rings (SSSR count). The van der Waals surface area contributed by atoms with Crippen LogP contribution in [-0.2, 0) is 9.53 Å². The minimum Gasteiger partial charge on any atom is -0.507 e. The number of carboxylic acids is 1. The van der Waals surface area contributed by atoms with E-state index in [1.807, 2.05) is 0 Å². The molecule has 4 N–H and O–H groups in total. The van der Waals surface area contributed by atoms with Gasteiger partial charge in [0.05, 0.1) is 24.2 Å². The van der Waals surface area contributed by atoms with Gasteiger partial charge in [0.25, 0.3) is 0 Å². The first-order valence-electron chi connectivity index (χ1n) is 8.40. The molecular formula is C18H20O8. The maximum Gasteiger partial charge on any atom is 0.305 e. The fourth-order valence-corrected chi connectivity index (χ4v) is 3.97. The van der Waals surface area contributed by atoms with Crippen LogP contribution in [0.3, 0.4) is 0 Å². The Labute approximate surface area is 149 Å². The fourth-order valence-electron chi connectivity index (χ4n) is 3.97. The molecule has 0 bridgehead atoms. The van der Waals surface area contributed by atoms with Crippen molar-refractivity contribution in [3.8, 4) is 5.75 Å². The van der Waals surface area contributed by atoms with Gasteiger partial charge < -0.3 is 25.2 Å². The number of ether oxygens (including phenoxy) is 1. The predicted octanol–water partition coefficient (Wildman–Crippen LogP) is 0.666. The molecule has 1 aromatic carbocycles. The molecule has 2 aliphatic rings. The van der Waals surface area contributed by atoms with E-state index in [0.717, 1.165) is 0 Å². The summed E-state index contributed by atoms with van der Waals surface area (Å²) in [5, 5.41) is 41.4. The highest BCUT2D eigenvalue weighted by atomic mass is 16.5. The highest BCUT2D eigenvalue weighted by Crippen LogP contribution is 2.49. The number of benzene rings is 1. The molecule has 1 fully saturated rings. The van der Waals surface area contributed by atoms with Crippen molar-refractivity contribution in [2.75, 3.05) is 0 Å². The van der Waals surface area contributed by atoms with Gasteiger partial charge in [-0.05, 0) is 12.5 Å². The number of hydrogen-bond acceptors (Lipinski definition) is 7. The molecule has 1 saturated heterocycles. The first-order valence-corrected chi connectivity index (χ1v) is 8.40. The van der Waals surface area contributed by atoms with E-state index < -0.39 is 59.5 Å². The molecule has 140 valence electrons. The van der Waals surface area contributed by atoms with Crippen LogP contribution >= 0.6 is 0 Å². The summed E-state index contributed by atoms with van der Waals surface area (Å²) in [6.45, 7) is 1.76. The Morgan fingerprint density at radius 1 is 1.27 bits per heavy atom. The smallest absolute Gasteiger partial charge is 0.305 e. The van der Waals surface area contributed by atoms with Gasteiger partial charge in [-0.2, -0.15) is 0 Å². The lowest BCUT2D eigenvalue weighted by atomic mass is 9.60. The molecule has 26 heavy (non-hydrogen) atoms. The molecule has 1 aliphatic carbocycles. The van der Waals surface area contributed by atoms with Gasteiger partial charge in [0.15, 0.2) is 17.0 Å². The van der Waals surface area contributed by atoms with Crippen LogP contribution in [0, 0.1) is 0 Å².